The predicted octanol–water partition coefficient (Wildman–Crippen LogP) is 4.29. The normalized spacial score (nSPS) is 13.4. The van der Waals surface area contributed by atoms with Gasteiger partial charge in [0.05, 0.1) is 17.4 Å². The predicted molar refractivity (Wildman–Crippen MR) is 93.8 cm³/mol. The Labute approximate surface area is 153 Å². The molecule has 0 spiro atoms. The molecule has 1 saturated carbocycles. The first kappa shape index (κ1) is 16.4. The average molecular weight is 367 g/mol. The van der Waals surface area contributed by atoms with Crippen molar-refractivity contribution in [2.45, 2.75) is 18.8 Å². The molecule has 0 radical (unpaired) electrons. The monoisotopic (exact) mass is 366 g/mol. The van der Waals surface area contributed by atoms with Crippen LogP contribution in [0.25, 0.3) is 17.1 Å². The number of aromatic nitrogens is 3. The number of rotatable bonds is 4. The lowest BCUT2D eigenvalue weighted by molar-refractivity contribution is 0.111. The third-order valence-electron chi connectivity index (χ3n) is 4.33. The Kier molecular flexibility index (Phi) is 4.02. The number of nitrogens with zero attached hydrogens (tertiary/aromatic N) is 4. The van der Waals surface area contributed by atoms with E-state index in [4.69, 9.17) is 16.9 Å². The molecule has 0 unspecified atom stereocenters. The van der Waals surface area contributed by atoms with Gasteiger partial charge in [0.15, 0.2) is 6.29 Å². The zero-order chi connectivity index (χ0) is 18.3. The molecule has 7 heteroatoms. The number of pyridine rings is 1. The van der Waals surface area contributed by atoms with Crippen LogP contribution in [0.4, 0.5) is 4.39 Å². The maximum absolute atomic E-state index is 14.0. The van der Waals surface area contributed by atoms with Crippen LogP contribution in [0.3, 0.4) is 0 Å². The lowest BCUT2D eigenvalue weighted by Crippen LogP contribution is -2.00. The second-order valence-corrected chi connectivity index (χ2v) is 6.44. The average Bonchev–Trinajstić information content (AvgIpc) is 3.45. The molecule has 1 fully saturated rings. The molecule has 0 saturated heterocycles. The van der Waals surface area contributed by atoms with E-state index in [1.54, 1.807) is 22.9 Å². The maximum Gasteiger partial charge on any atom is 0.171 e. The molecule has 1 aromatic carbocycles. The molecule has 5 nitrogen and oxygen atoms in total. The zero-order valence-corrected chi connectivity index (χ0v) is 14.2. The van der Waals surface area contributed by atoms with Crippen molar-refractivity contribution in [2.75, 3.05) is 0 Å². The Morgan fingerprint density at radius 1 is 1.31 bits per heavy atom. The molecular formula is C19H12ClFN4O. The number of hydrogen-bond acceptors (Lipinski definition) is 4. The van der Waals surface area contributed by atoms with Crippen LogP contribution in [0, 0.1) is 17.1 Å². The largest absolute Gasteiger partial charge is 0.296 e. The van der Waals surface area contributed by atoms with Crippen molar-refractivity contribution in [1.82, 2.24) is 14.5 Å². The van der Waals surface area contributed by atoms with E-state index in [9.17, 15) is 9.18 Å². The highest BCUT2D eigenvalue weighted by Gasteiger charge is 2.25. The SMILES string of the molecule is N#Cc1ccc(-c2nc(C=O)c(Cl)n2-c2ccc(C3CC3)nc2)cc1F. The van der Waals surface area contributed by atoms with Crippen molar-refractivity contribution in [3.63, 3.8) is 0 Å². The fraction of sp³-hybridized carbons (Fsp3) is 0.158. The fourth-order valence-corrected chi connectivity index (χ4v) is 3.08. The van der Waals surface area contributed by atoms with E-state index in [2.05, 4.69) is 9.97 Å². The van der Waals surface area contributed by atoms with Gasteiger partial charge in [-0.05, 0) is 43.2 Å². The van der Waals surface area contributed by atoms with Crippen LogP contribution >= 0.6 is 11.6 Å². The van der Waals surface area contributed by atoms with E-state index >= 15 is 0 Å². The molecule has 1 aliphatic carbocycles. The van der Waals surface area contributed by atoms with E-state index in [0.29, 0.717) is 29.3 Å². The second-order valence-electron chi connectivity index (χ2n) is 6.09. The standard InChI is InChI=1S/C19H12ClFN4O/c20-18-17(10-26)24-19(12-3-4-13(8-22)15(21)7-12)25(18)14-5-6-16(23-9-14)11-1-2-11/h3-7,9-11H,1-2H2. The van der Waals surface area contributed by atoms with Crippen LogP contribution in [0.1, 0.15) is 40.5 Å². The van der Waals surface area contributed by atoms with Crippen molar-refractivity contribution < 1.29 is 9.18 Å². The molecule has 3 aromatic rings. The molecule has 1 aliphatic rings. The van der Waals surface area contributed by atoms with E-state index in [-0.39, 0.29) is 16.4 Å². The quantitative estimate of drug-likeness (QED) is 0.646. The Hall–Kier alpha value is -3.04. The maximum atomic E-state index is 14.0. The summed E-state index contributed by atoms with van der Waals surface area (Å²) in [6.07, 6.45) is 4.50. The number of nitriles is 1. The van der Waals surface area contributed by atoms with E-state index in [1.165, 1.54) is 12.1 Å². The molecule has 0 atom stereocenters. The fourth-order valence-electron chi connectivity index (χ4n) is 2.82. The number of carbonyl (C=O) groups excluding carboxylic acids is 1. The molecule has 0 aliphatic heterocycles. The molecule has 26 heavy (non-hydrogen) atoms. The van der Waals surface area contributed by atoms with Crippen LogP contribution in [-0.2, 0) is 0 Å². The lowest BCUT2D eigenvalue weighted by Gasteiger charge is -2.10. The first-order valence-electron chi connectivity index (χ1n) is 8.02. The first-order valence-corrected chi connectivity index (χ1v) is 8.40. The van der Waals surface area contributed by atoms with Gasteiger partial charge in [-0.15, -0.1) is 0 Å². The highest BCUT2D eigenvalue weighted by atomic mass is 35.5. The summed E-state index contributed by atoms with van der Waals surface area (Å²) in [6, 6.07) is 9.69. The number of benzene rings is 1. The van der Waals surface area contributed by atoms with Gasteiger partial charge in [0.1, 0.15) is 28.6 Å². The number of imidazole rings is 1. The van der Waals surface area contributed by atoms with Gasteiger partial charge in [0.25, 0.3) is 0 Å². The van der Waals surface area contributed by atoms with Crippen molar-refractivity contribution in [3.05, 3.63) is 64.5 Å². The minimum atomic E-state index is -0.662. The minimum absolute atomic E-state index is 0.0534. The summed E-state index contributed by atoms with van der Waals surface area (Å²) in [6.45, 7) is 0. The summed E-state index contributed by atoms with van der Waals surface area (Å²) in [5.41, 5.74) is 2.04. The van der Waals surface area contributed by atoms with Gasteiger partial charge in [0.2, 0.25) is 0 Å². The molecule has 128 valence electrons. The second kappa shape index (κ2) is 6.36. The Morgan fingerprint density at radius 2 is 2.12 bits per heavy atom. The summed E-state index contributed by atoms with van der Waals surface area (Å²) in [4.78, 5) is 20.0. The van der Waals surface area contributed by atoms with E-state index in [1.807, 2.05) is 12.1 Å². The zero-order valence-electron chi connectivity index (χ0n) is 13.5. The number of aldehydes is 1. The van der Waals surface area contributed by atoms with Crippen molar-refractivity contribution >= 4 is 17.9 Å². The smallest absolute Gasteiger partial charge is 0.171 e. The molecule has 4 rings (SSSR count). The summed E-state index contributed by atoms with van der Waals surface area (Å²) in [7, 11) is 0. The van der Waals surface area contributed by atoms with Gasteiger partial charge in [-0.3, -0.25) is 14.3 Å². The van der Waals surface area contributed by atoms with Crippen molar-refractivity contribution in [3.8, 4) is 23.1 Å². The van der Waals surface area contributed by atoms with E-state index < -0.39 is 5.82 Å². The summed E-state index contributed by atoms with van der Waals surface area (Å²) >= 11 is 6.32. The minimum Gasteiger partial charge on any atom is -0.296 e. The van der Waals surface area contributed by atoms with Crippen LogP contribution in [0.5, 0.6) is 0 Å². The van der Waals surface area contributed by atoms with Gasteiger partial charge < -0.3 is 0 Å². The summed E-state index contributed by atoms with van der Waals surface area (Å²) < 4.78 is 15.6. The van der Waals surface area contributed by atoms with E-state index in [0.717, 1.165) is 18.5 Å². The molecule has 0 amide bonds. The van der Waals surface area contributed by atoms with Gasteiger partial charge in [-0.25, -0.2) is 9.37 Å². The highest BCUT2D eigenvalue weighted by molar-refractivity contribution is 6.32. The molecule has 2 aromatic heterocycles. The van der Waals surface area contributed by atoms with Gasteiger partial charge in [0, 0.05) is 17.2 Å². The highest BCUT2D eigenvalue weighted by Crippen LogP contribution is 2.39. The molecule has 0 N–H and O–H groups in total. The number of hydrogen-bond donors (Lipinski definition) is 0. The topological polar surface area (TPSA) is 71.6 Å². The third kappa shape index (κ3) is 2.76. The van der Waals surface area contributed by atoms with Gasteiger partial charge >= 0.3 is 0 Å². The Morgan fingerprint density at radius 3 is 2.69 bits per heavy atom. The van der Waals surface area contributed by atoms with Crippen LogP contribution in [0.15, 0.2) is 36.5 Å². The third-order valence-corrected chi connectivity index (χ3v) is 4.69. The lowest BCUT2D eigenvalue weighted by atomic mass is 10.1. The molecule has 0 bridgehead atoms. The van der Waals surface area contributed by atoms with Gasteiger partial charge in [-0.1, -0.05) is 11.6 Å². The van der Waals surface area contributed by atoms with Crippen LogP contribution < -0.4 is 0 Å². The summed E-state index contributed by atoms with van der Waals surface area (Å²) in [5, 5.41) is 9.01. The van der Waals surface area contributed by atoms with Gasteiger partial charge in [-0.2, -0.15) is 5.26 Å². The Bertz CT molecular complexity index is 1050. The number of halogens is 2. The van der Waals surface area contributed by atoms with Crippen molar-refractivity contribution in [1.29, 1.82) is 5.26 Å². The molecular weight excluding hydrogens is 355 g/mol. The summed E-state index contributed by atoms with van der Waals surface area (Å²) in [5.74, 6) is 0.159. The van der Waals surface area contributed by atoms with Crippen molar-refractivity contribution in [2.24, 2.45) is 0 Å². The van der Waals surface area contributed by atoms with Crippen LogP contribution in [-0.4, -0.2) is 20.8 Å². The molecule has 2 heterocycles. The number of carbonyl (C=O) groups is 1. The van der Waals surface area contributed by atoms with Crippen LogP contribution in [0.2, 0.25) is 5.15 Å². The Balaban J connectivity index is 1.86. The first-order chi connectivity index (χ1) is 12.6.